The molecule has 24 heavy (non-hydrogen) atoms. The lowest BCUT2D eigenvalue weighted by Gasteiger charge is -2.27. The SMILES string of the molecule is CCCOC(=O)c1ccc(NCC(=O)NC2CCC(C)CC2)cc1. The number of benzene rings is 1. The van der Waals surface area contributed by atoms with Crippen molar-refractivity contribution in [1.29, 1.82) is 0 Å². The third kappa shape index (κ3) is 5.87. The second-order valence-corrected chi connectivity index (χ2v) is 6.59. The second kappa shape index (κ2) is 9.30. The summed E-state index contributed by atoms with van der Waals surface area (Å²) in [6.07, 6.45) is 5.32. The van der Waals surface area contributed by atoms with E-state index in [-0.39, 0.29) is 18.4 Å². The molecule has 0 aromatic heterocycles. The van der Waals surface area contributed by atoms with Crippen LogP contribution in [0.25, 0.3) is 0 Å². The zero-order valence-electron chi connectivity index (χ0n) is 14.6. The molecule has 1 aromatic rings. The molecule has 0 radical (unpaired) electrons. The largest absolute Gasteiger partial charge is 0.462 e. The highest BCUT2D eigenvalue weighted by molar-refractivity contribution is 5.90. The highest BCUT2D eigenvalue weighted by atomic mass is 16.5. The summed E-state index contributed by atoms with van der Waals surface area (Å²) in [5.41, 5.74) is 1.34. The number of hydrogen-bond acceptors (Lipinski definition) is 4. The molecule has 0 aliphatic heterocycles. The fourth-order valence-electron chi connectivity index (χ4n) is 2.87. The van der Waals surface area contributed by atoms with Gasteiger partial charge in [-0.15, -0.1) is 0 Å². The van der Waals surface area contributed by atoms with Gasteiger partial charge in [-0.3, -0.25) is 4.79 Å². The van der Waals surface area contributed by atoms with Crippen molar-refractivity contribution in [3.05, 3.63) is 29.8 Å². The first-order chi connectivity index (χ1) is 11.6. The highest BCUT2D eigenvalue weighted by Gasteiger charge is 2.19. The van der Waals surface area contributed by atoms with Gasteiger partial charge in [-0.1, -0.05) is 13.8 Å². The van der Waals surface area contributed by atoms with Gasteiger partial charge in [-0.05, 0) is 62.3 Å². The molecule has 0 unspecified atom stereocenters. The first kappa shape index (κ1) is 18.3. The van der Waals surface area contributed by atoms with Gasteiger partial charge in [-0.2, -0.15) is 0 Å². The molecule has 0 heterocycles. The first-order valence-corrected chi connectivity index (χ1v) is 8.89. The third-order valence-corrected chi connectivity index (χ3v) is 4.39. The number of ether oxygens (including phenoxy) is 1. The Hall–Kier alpha value is -2.04. The average Bonchev–Trinajstić information content (AvgIpc) is 2.60. The van der Waals surface area contributed by atoms with Crippen LogP contribution in [-0.4, -0.2) is 31.1 Å². The standard InChI is InChI=1S/C19H28N2O3/c1-3-12-24-19(23)15-6-10-16(11-7-15)20-13-18(22)21-17-8-4-14(2)5-9-17/h6-7,10-11,14,17,20H,3-5,8-9,12-13H2,1-2H3,(H,21,22). The van der Waals surface area contributed by atoms with Gasteiger partial charge in [0.05, 0.1) is 18.7 Å². The minimum atomic E-state index is -0.312. The molecule has 1 aliphatic rings. The van der Waals surface area contributed by atoms with Crippen LogP contribution in [0.5, 0.6) is 0 Å². The summed E-state index contributed by atoms with van der Waals surface area (Å²) in [5, 5.41) is 6.17. The van der Waals surface area contributed by atoms with E-state index in [1.807, 2.05) is 6.92 Å². The van der Waals surface area contributed by atoms with Crippen molar-refractivity contribution >= 4 is 17.6 Å². The van der Waals surface area contributed by atoms with Crippen molar-refractivity contribution in [2.24, 2.45) is 5.92 Å². The van der Waals surface area contributed by atoms with E-state index in [0.29, 0.717) is 18.2 Å². The predicted molar refractivity (Wildman–Crippen MR) is 95.1 cm³/mol. The lowest BCUT2D eigenvalue weighted by atomic mass is 9.87. The summed E-state index contributed by atoms with van der Waals surface area (Å²) in [6.45, 7) is 4.89. The van der Waals surface area contributed by atoms with Gasteiger partial charge < -0.3 is 15.4 Å². The monoisotopic (exact) mass is 332 g/mol. The Morgan fingerprint density at radius 2 is 1.79 bits per heavy atom. The molecule has 5 heteroatoms. The van der Waals surface area contributed by atoms with Crippen LogP contribution in [0.3, 0.4) is 0 Å². The minimum Gasteiger partial charge on any atom is -0.462 e. The number of hydrogen-bond donors (Lipinski definition) is 2. The molecule has 1 saturated carbocycles. The van der Waals surface area contributed by atoms with E-state index in [1.54, 1.807) is 24.3 Å². The van der Waals surface area contributed by atoms with Crippen LogP contribution in [0, 0.1) is 5.92 Å². The molecule has 0 bridgehead atoms. The van der Waals surface area contributed by atoms with Crippen LogP contribution in [0.4, 0.5) is 5.69 Å². The Bertz CT molecular complexity index is 534. The molecule has 2 rings (SSSR count). The van der Waals surface area contributed by atoms with Crippen molar-refractivity contribution in [3.63, 3.8) is 0 Å². The summed E-state index contributed by atoms with van der Waals surface area (Å²) in [7, 11) is 0. The lowest BCUT2D eigenvalue weighted by molar-refractivity contribution is -0.120. The van der Waals surface area contributed by atoms with E-state index >= 15 is 0 Å². The normalized spacial score (nSPS) is 20.2. The van der Waals surface area contributed by atoms with Gasteiger partial charge in [0, 0.05) is 11.7 Å². The topological polar surface area (TPSA) is 67.4 Å². The summed E-state index contributed by atoms with van der Waals surface area (Å²) < 4.78 is 5.08. The Morgan fingerprint density at radius 1 is 1.12 bits per heavy atom. The Labute approximate surface area is 144 Å². The fraction of sp³-hybridized carbons (Fsp3) is 0.579. The molecule has 1 aliphatic carbocycles. The van der Waals surface area contributed by atoms with E-state index in [1.165, 1.54) is 12.8 Å². The fourth-order valence-corrected chi connectivity index (χ4v) is 2.87. The van der Waals surface area contributed by atoms with Crippen LogP contribution in [0.1, 0.15) is 56.3 Å². The number of anilines is 1. The van der Waals surface area contributed by atoms with Crippen LogP contribution in [0.15, 0.2) is 24.3 Å². The first-order valence-electron chi connectivity index (χ1n) is 8.89. The number of carbonyl (C=O) groups is 2. The second-order valence-electron chi connectivity index (χ2n) is 6.59. The third-order valence-electron chi connectivity index (χ3n) is 4.39. The maximum atomic E-state index is 12.0. The van der Waals surface area contributed by atoms with E-state index < -0.39 is 0 Å². The van der Waals surface area contributed by atoms with Crippen molar-refractivity contribution in [2.45, 2.75) is 52.0 Å². The Morgan fingerprint density at radius 3 is 2.42 bits per heavy atom. The van der Waals surface area contributed by atoms with E-state index in [0.717, 1.165) is 30.9 Å². The predicted octanol–water partition coefficient (Wildman–Crippen LogP) is 3.36. The molecule has 5 nitrogen and oxygen atoms in total. The van der Waals surface area contributed by atoms with Gasteiger partial charge in [0.2, 0.25) is 5.91 Å². The van der Waals surface area contributed by atoms with Crippen LogP contribution < -0.4 is 10.6 Å². The summed E-state index contributed by atoms with van der Waals surface area (Å²) >= 11 is 0. The van der Waals surface area contributed by atoms with Gasteiger partial charge in [0.25, 0.3) is 0 Å². The highest BCUT2D eigenvalue weighted by Crippen LogP contribution is 2.23. The van der Waals surface area contributed by atoms with Crippen molar-refractivity contribution in [1.82, 2.24) is 5.32 Å². The molecule has 2 N–H and O–H groups in total. The molecule has 1 amide bonds. The number of esters is 1. The Kier molecular flexibility index (Phi) is 7.09. The van der Waals surface area contributed by atoms with E-state index in [2.05, 4.69) is 17.6 Å². The van der Waals surface area contributed by atoms with Crippen molar-refractivity contribution in [3.8, 4) is 0 Å². The molecule has 1 aromatic carbocycles. The van der Waals surface area contributed by atoms with Gasteiger partial charge in [0.15, 0.2) is 0 Å². The summed E-state index contributed by atoms with van der Waals surface area (Å²) in [4.78, 5) is 23.7. The summed E-state index contributed by atoms with van der Waals surface area (Å²) in [5.74, 6) is 0.479. The van der Waals surface area contributed by atoms with Crippen LogP contribution in [-0.2, 0) is 9.53 Å². The quantitative estimate of drug-likeness (QED) is 0.751. The summed E-state index contributed by atoms with van der Waals surface area (Å²) in [6, 6.07) is 7.31. The lowest BCUT2D eigenvalue weighted by Crippen LogP contribution is -2.40. The molecule has 132 valence electrons. The Balaban J connectivity index is 1.73. The molecular weight excluding hydrogens is 304 g/mol. The molecule has 1 fully saturated rings. The average molecular weight is 332 g/mol. The van der Waals surface area contributed by atoms with Crippen LogP contribution >= 0.6 is 0 Å². The molecule has 0 spiro atoms. The van der Waals surface area contributed by atoms with Crippen molar-refractivity contribution < 1.29 is 14.3 Å². The smallest absolute Gasteiger partial charge is 0.338 e. The number of carbonyl (C=O) groups excluding carboxylic acids is 2. The maximum absolute atomic E-state index is 12.0. The number of nitrogens with one attached hydrogen (secondary N) is 2. The maximum Gasteiger partial charge on any atom is 0.338 e. The van der Waals surface area contributed by atoms with Crippen LogP contribution in [0.2, 0.25) is 0 Å². The molecular formula is C19H28N2O3. The van der Waals surface area contributed by atoms with Gasteiger partial charge in [-0.25, -0.2) is 4.79 Å². The number of rotatable bonds is 7. The van der Waals surface area contributed by atoms with Gasteiger partial charge >= 0.3 is 5.97 Å². The zero-order valence-corrected chi connectivity index (χ0v) is 14.6. The van der Waals surface area contributed by atoms with Crippen molar-refractivity contribution in [2.75, 3.05) is 18.5 Å². The van der Waals surface area contributed by atoms with E-state index in [4.69, 9.17) is 4.74 Å². The van der Waals surface area contributed by atoms with E-state index in [9.17, 15) is 9.59 Å². The zero-order chi connectivity index (χ0) is 17.4. The molecule has 0 atom stereocenters. The van der Waals surface area contributed by atoms with Gasteiger partial charge in [0.1, 0.15) is 0 Å². The minimum absolute atomic E-state index is 0.0148. The number of amides is 1. The molecule has 0 saturated heterocycles.